The van der Waals surface area contributed by atoms with E-state index in [1.54, 1.807) is 7.11 Å². The zero-order valence-electron chi connectivity index (χ0n) is 19.9. The Morgan fingerprint density at radius 1 is 1.18 bits per heavy atom. The molecule has 2 heterocycles. The summed E-state index contributed by atoms with van der Waals surface area (Å²) in [7, 11) is 1.79. The Balaban J connectivity index is 1.55. The summed E-state index contributed by atoms with van der Waals surface area (Å²) in [6.07, 6.45) is 3.90. The molecule has 3 aliphatic rings. The van der Waals surface area contributed by atoms with Crippen LogP contribution in [0.2, 0.25) is 0 Å². The molecular formula is C26H30FN5O2. The molecule has 1 amide bonds. The maximum absolute atomic E-state index is 13.2. The van der Waals surface area contributed by atoms with Crippen molar-refractivity contribution in [1.82, 2.24) is 4.98 Å². The van der Waals surface area contributed by atoms with E-state index in [1.165, 1.54) is 17.7 Å². The Kier molecular flexibility index (Phi) is 5.31. The zero-order chi connectivity index (χ0) is 24.3. The molecule has 0 radical (unpaired) electrons. The third kappa shape index (κ3) is 3.35. The monoisotopic (exact) mass is 463 g/mol. The van der Waals surface area contributed by atoms with Crippen LogP contribution in [0.3, 0.4) is 0 Å². The third-order valence-electron chi connectivity index (χ3n) is 7.77. The normalized spacial score (nSPS) is 32.0. The summed E-state index contributed by atoms with van der Waals surface area (Å²) in [6.45, 7) is 6.38. The standard InChI is InChI=1S/C26H30FN5O2/c1-14-10-25(11-15(2)22(14)34-4)12-17-5-7-19(30-24(33)21-8-6-18(27)13-29-21)9-20(17)26(25)31-16(3)23(28)32-26/h5-9,13-15,22H,10-12H2,1-4H3,(H2,28,32)(H,30,33)/t14-,15+,22+,25+,26-/m0/s1. The van der Waals surface area contributed by atoms with E-state index in [2.05, 4.69) is 24.1 Å². The molecule has 3 N–H and O–H groups in total. The van der Waals surface area contributed by atoms with Gasteiger partial charge in [-0.3, -0.25) is 9.79 Å². The van der Waals surface area contributed by atoms with Gasteiger partial charge in [-0.2, -0.15) is 0 Å². The number of rotatable bonds is 3. The first kappa shape index (κ1) is 22.7. The molecule has 1 aromatic carbocycles. The van der Waals surface area contributed by atoms with Gasteiger partial charge in [-0.15, -0.1) is 0 Å². The molecule has 8 heteroatoms. The molecule has 1 saturated carbocycles. The second-order valence-electron chi connectivity index (χ2n) is 10.1. The lowest BCUT2D eigenvalue weighted by Crippen LogP contribution is -2.49. The van der Waals surface area contributed by atoms with Gasteiger partial charge in [0.25, 0.3) is 5.91 Å². The zero-order valence-corrected chi connectivity index (χ0v) is 19.9. The number of hydrogen-bond acceptors (Lipinski definition) is 6. The fourth-order valence-corrected chi connectivity index (χ4v) is 6.55. The Bertz CT molecular complexity index is 1180. The van der Waals surface area contributed by atoms with E-state index in [-0.39, 0.29) is 17.2 Å². The number of amides is 1. The Morgan fingerprint density at radius 2 is 1.91 bits per heavy atom. The van der Waals surface area contributed by atoms with Gasteiger partial charge < -0.3 is 15.8 Å². The smallest absolute Gasteiger partial charge is 0.274 e. The van der Waals surface area contributed by atoms with Crippen LogP contribution >= 0.6 is 0 Å². The van der Waals surface area contributed by atoms with E-state index in [4.69, 9.17) is 20.5 Å². The van der Waals surface area contributed by atoms with Gasteiger partial charge in [-0.25, -0.2) is 14.4 Å². The van der Waals surface area contributed by atoms with Gasteiger partial charge >= 0.3 is 0 Å². The van der Waals surface area contributed by atoms with E-state index in [9.17, 15) is 9.18 Å². The number of carbonyl (C=O) groups excluding carboxylic acids is 1. The first-order valence-electron chi connectivity index (χ1n) is 11.7. The molecule has 0 saturated heterocycles. The van der Waals surface area contributed by atoms with E-state index >= 15 is 0 Å². The summed E-state index contributed by atoms with van der Waals surface area (Å²) in [5, 5.41) is 2.89. The predicted octanol–water partition coefficient (Wildman–Crippen LogP) is 4.08. The van der Waals surface area contributed by atoms with Crippen molar-refractivity contribution < 1.29 is 13.9 Å². The van der Waals surface area contributed by atoms with Gasteiger partial charge in [0.05, 0.1) is 18.0 Å². The highest BCUT2D eigenvalue weighted by Crippen LogP contribution is 2.63. The first-order chi connectivity index (χ1) is 16.2. The van der Waals surface area contributed by atoms with Gasteiger partial charge in [-0.05, 0) is 67.9 Å². The predicted molar refractivity (Wildman–Crippen MR) is 129 cm³/mol. The summed E-state index contributed by atoms with van der Waals surface area (Å²) < 4.78 is 19.0. The van der Waals surface area contributed by atoms with E-state index in [0.29, 0.717) is 23.4 Å². The minimum atomic E-state index is -0.813. The quantitative estimate of drug-likeness (QED) is 0.716. The average molecular weight is 464 g/mol. The van der Waals surface area contributed by atoms with Crippen LogP contribution in [0, 0.1) is 23.1 Å². The second kappa shape index (κ2) is 7.98. The van der Waals surface area contributed by atoms with Crippen molar-refractivity contribution in [2.24, 2.45) is 33.0 Å². The maximum atomic E-state index is 13.2. The first-order valence-corrected chi connectivity index (χ1v) is 11.7. The van der Waals surface area contributed by atoms with Crippen molar-refractivity contribution in [2.75, 3.05) is 12.4 Å². The minimum absolute atomic E-state index is 0.144. The fourth-order valence-electron chi connectivity index (χ4n) is 6.55. The number of nitrogens with one attached hydrogen (secondary N) is 1. The third-order valence-corrected chi connectivity index (χ3v) is 7.77. The van der Waals surface area contributed by atoms with Crippen molar-refractivity contribution >= 4 is 23.1 Å². The number of aromatic nitrogens is 1. The van der Waals surface area contributed by atoms with Crippen molar-refractivity contribution in [3.63, 3.8) is 0 Å². The number of pyridine rings is 1. The number of amidine groups is 1. The molecule has 2 aromatic rings. The molecule has 178 valence electrons. The molecule has 0 unspecified atom stereocenters. The molecule has 5 rings (SSSR count). The second-order valence-corrected chi connectivity index (χ2v) is 10.1. The van der Waals surface area contributed by atoms with Crippen LogP contribution in [-0.2, 0) is 16.8 Å². The van der Waals surface area contributed by atoms with Crippen LogP contribution in [0.5, 0.6) is 0 Å². The van der Waals surface area contributed by atoms with E-state index in [1.807, 2.05) is 25.1 Å². The van der Waals surface area contributed by atoms with E-state index in [0.717, 1.165) is 36.7 Å². The topological polar surface area (TPSA) is 102 Å². The molecule has 5 atom stereocenters. The number of carbonyl (C=O) groups is 1. The highest BCUT2D eigenvalue weighted by Gasteiger charge is 2.63. The molecule has 0 bridgehead atoms. The molecule has 2 aliphatic carbocycles. The van der Waals surface area contributed by atoms with Gasteiger partial charge in [0.15, 0.2) is 5.66 Å². The summed E-state index contributed by atoms with van der Waals surface area (Å²) >= 11 is 0. The number of nitrogens with zero attached hydrogens (tertiary/aromatic N) is 3. The van der Waals surface area contributed by atoms with Crippen LogP contribution in [0.4, 0.5) is 10.1 Å². The van der Waals surface area contributed by atoms with Crippen molar-refractivity contribution in [3.05, 3.63) is 59.2 Å². The average Bonchev–Trinajstić information content (AvgIpc) is 3.22. The highest BCUT2D eigenvalue weighted by molar-refractivity contribution is 6.41. The van der Waals surface area contributed by atoms with Gasteiger partial charge in [-0.1, -0.05) is 19.9 Å². The van der Waals surface area contributed by atoms with Crippen LogP contribution < -0.4 is 11.1 Å². The number of benzene rings is 1. The maximum Gasteiger partial charge on any atom is 0.274 e. The Labute approximate surface area is 198 Å². The van der Waals surface area contributed by atoms with Gasteiger partial charge in [0.2, 0.25) is 0 Å². The number of ether oxygens (including phenoxy) is 1. The van der Waals surface area contributed by atoms with Crippen molar-refractivity contribution in [1.29, 1.82) is 0 Å². The Hall–Kier alpha value is -3.13. The van der Waals surface area contributed by atoms with Gasteiger partial charge in [0, 0.05) is 23.8 Å². The molecule has 2 spiro atoms. The number of aliphatic imine (C=N–C) groups is 2. The summed E-state index contributed by atoms with van der Waals surface area (Å²) in [5.41, 5.74) is 8.92. The fraction of sp³-hybridized carbons (Fsp3) is 0.462. The van der Waals surface area contributed by atoms with Crippen LogP contribution in [0.25, 0.3) is 0 Å². The van der Waals surface area contributed by atoms with Gasteiger partial charge in [0.1, 0.15) is 17.3 Å². The summed E-state index contributed by atoms with van der Waals surface area (Å²) in [4.78, 5) is 26.7. The SMILES string of the molecule is CO[C@H]1[C@H](C)C[C@@]2(Cc3ccc(NC(=O)c4ccc(F)cn4)cc3[C@@]23N=C(C)C(N)=N3)C[C@@H]1C. The number of nitrogens with two attached hydrogens (primary N) is 1. The number of anilines is 1. The number of hydrogen-bond donors (Lipinski definition) is 2. The largest absolute Gasteiger partial charge is 0.382 e. The lowest BCUT2D eigenvalue weighted by Gasteiger charge is -2.49. The summed E-state index contributed by atoms with van der Waals surface area (Å²) in [6, 6.07) is 8.48. The summed E-state index contributed by atoms with van der Waals surface area (Å²) in [5.74, 6) is 0.260. The number of halogens is 1. The Morgan fingerprint density at radius 3 is 2.50 bits per heavy atom. The molecule has 34 heavy (non-hydrogen) atoms. The van der Waals surface area contributed by atoms with Crippen LogP contribution in [-0.4, -0.2) is 35.7 Å². The lowest BCUT2D eigenvalue weighted by atomic mass is 9.59. The van der Waals surface area contributed by atoms with Crippen LogP contribution in [0.15, 0.2) is 46.5 Å². The lowest BCUT2D eigenvalue weighted by molar-refractivity contribution is -0.0729. The number of methoxy groups -OCH3 is 1. The van der Waals surface area contributed by atoms with E-state index < -0.39 is 17.4 Å². The molecule has 1 aliphatic heterocycles. The molecule has 7 nitrogen and oxygen atoms in total. The molecule has 1 fully saturated rings. The van der Waals surface area contributed by atoms with Crippen LogP contribution in [0.1, 0.15) is 55.2 Å². The number of fused-ring (bicyclic) bond motifs is 3. The van der Waals surface area contributed by atoms with Crippen molar-refractivity contribution in [3.8, 4) is 0 Å². The molecular weight excluding hydrogens is 433 g/mol. The highest BCUT2D eigenvalue weighted by atomic mass is 19.1. The minimum Gasteiger partial charge on any atom is -0.382 e. The van der Waals surface area contributed by atoms with Crippen molar-refractivity contribution in [2.45, 2.75) is 51.8 Å². The molecule has 1 aromatic heterocycles.